The van der Waals surface area contributed by atoms with Crippen molar-refractivity contribution in [1.82, 2.24) is 4.98 Å². The molecule has 0 atom stereocenters. The summed E-state index contributed by atoms with van der Waals surface area (Å²) in [7, 11) is 0. The summed E-state index contributed by atoms with van der Waals surface area (Å²) in [6.07, 6.45) is 1.40. The zero-order valence-electron chi connectivity index (χ0n) is 5.87. The standard InChI is InChI=1S/C6H4BrNO2.Na/c7-4-2-1-3-8-5(4)6(9)10;/h1-3H,(H,9,10);/q;+1/p-1. The van der Waals surface area contributed by atoms with Crippen molar-refractivity contribution in [3.63, 3.8) is 0 Å². The van der Waals surface area contributed by atoms with Crippen molar-refractivity contribution >= 4 is 21.9 Å². The van der Waals surface area contributed by atoms with Crippen LogP contribution in [0, 0.1) is 0 Å². The predicted octanol–water partition coefficient (Wildman–Crippen LogP) is -2.79. The molecule has 1 aromatic rings. The van der Waals surface area contributed by atoms with Gasteiger partial charge < -0.3 is 9.90 Å². The van der Waals surface area contributed by atoms with Gasteiger partial charge in [-0.05, 0) is 28.1 Å². The molecule has 0 aliphatic rings. The van der Waals surface area contributed by atoms with E-state index in [0.29, 0.717) is 4.47 Å². The fraction of sp³-hybridized carbons (Fsp3) is 0. The molecule has 0 aliphatic carbocycles. The van der Waals surface area contributed by atoms with Crippen LogP contribution in [0.2, 0.25) is 0 Å². The fourth-order valence-electron chi connectivity index (χ4n) is 0.536. The smallest absolute Gasteiger partial charge is 0.543 e. The first kappa shape index (κ1) is 11.1. The molecule has 0 spiro atoms. The first-order valence-corrected chi connectivity index (χ1v) is 3.33. The zero-order valence-corrected chi connectivity index (χ0v) is 9.46. The van der Waals surface area contributed by atoms with E-state index in [4.69, 9.17) is 0 Å². The van der Waals surface area contributed by atoms with Gasteiger partial charge in [-0.1, -0.05) is 0 Å². The molecule has 5 heteroatoms. The van der Waals surface area contributed by atoms with Gasteiger partial charge in [-0.3, -0.25) is 4.98 Å². The second kappa shape index (κ2) is 4.87. The van der Waals surface area contributed by atoms with Crippen LogP contribution >= 0.6 is 15.9 Å². The summed E-state index contributed by atoms with van der Waals surface area (Å²) >= 11 is 3.01. The number of carboxylic acids is 1. The van der Waals surface area contributed by atoms with Gasteiger partial charge in [0.15, 0.2) is 0 Å². The van der Waals surface area contributed by atoms with E-state index in [2.05, 4.69) is 20.9 Å². The number of aromatic carboxylic acids is 1. The van der Waals surface area contributed by atoms with Crippen molar-refractivity contribution in [3.05, 3.63) is 28.5 Å². The van der Waals surface area contributed by atoms with E-state index in [1.54, 1.807) is 12.1 Å². The van der Waals surface area contributed by atoms with Gasteiger partial charge in [-0.2, -0.15) is 0 Å². The average Bonchev–Trinajstić information content (AvgIpc) is 1.88. The number of aromatic nitrogens is 1. The van der Waals surface area contributed by atoms with E-state index in [1.807, 2.05) is 0 Å². The summed E-state index contributed by atoms with van der Waals surface area (Å²) < 4.78 is 0.440. The summed E-state index contributed by atoms with van der Waals surface area (Å²) in [6.45, 7) is 0. The van der Waals surface area contributed by atoms with E-state index < -0.39 is 5.97 Å². The van der Waals surface area contributed by atoms with Crippen LogP contribution in [0.3, 0.4) is 0 Å². The number of carbonyl (C=O) groups excluding carboxylic acids is 1. The number of carbonyl (C=O) groups is 1. The van der Waals surface area contributed by atoms with E-state index in [0.717, 1.165) is 0 Å². The van der Waals surface area contributed by atoms with Gasteiger partial charge in [-0.15, -0.1) is 0 Å². The molecule has 11 heavy (non-hydrogen) atoms. The number of hydrogen-bond acceptors (Lipinski definition) is 3. The van der Waals surface area contributed by atoms with Crippen LogP contribution in [0.15, 0.2) is 22.8 Å². The Bertz CT molecular complexity index is 267. The molecule has 1 rings (SSSR count). The van der Waals surface area contributed by atoms with Crippen molar-refractivity contribution in [1.29, 1.82) is 0 Å². The van der Waals surface area contributed by atoms with Crippen LogP contribution in [0.25, 0.3) is 0 Å². The van der Waals surface area contributed by atoms with Crippen molar-refractivity contribution in [2.75, 3.05) is 0 Å². The summed E-state index contributed by atoms with van der Waals surface area (Å²) in [5.74, 6) is -1.27. The second-order valence-electron chi connectivity index (χ2n) is 1.62. The third-order valence-electron chi connectivity index (χ3n) is 0.952. The minimum atomic E-state index is -1.27. The molecule has 0 aliphatic heterocycles. The maximum Gasteiger partial charge on any atom is 1.00 e. The van der Waals surface area contributed by atoms with Crippen molar-refractivity contribution in [2.24, 2.45) is 0 Å². The Morgan fingerprint density at radius 3 is 2.64 bits per heavy atom. The Kier molecular flexibility index (Phi) is 4.92. The van der Waals surface area contributed by atoms with Gasteiger partial charge in [0, 0.05) is 10.7 Å². The number of halogens is 1. The van der Waals surface area contributed by atoms with E-state index in [1.165, 1.54) is 6.20 Å². The van der Waals surface area contributed by atoms with Crippen LogP contribution in [0.1, 0.15) is 10.5 Å². The van der Waals surface area contributed by atoms with E-state index in [-0.39, 0.29) is 35.3 Å². The first-order chi connectivity index (χ1) is 4.72. The molecule has 0 amide bonds. The molecule has 1 aromatic heterocycles. The van der Waals surface area contributed by atoms with Gasteiger partial charge in [0.25, 0.3) is 0 Å². The van der Waals surface area contributed by atoms with Crippen LogP contribution < -0.4 is 34.7 Å². The topological polar surface area (TPSA) is 53.0 Å². The van der Waals surface area contributed by atoms with Crippen LogP contribution in [-0.2, 0) is 0 Å². The quantitative estimate of drug-likeness (QED) is 0.484. The summed E-state index contributed by atoms with van der Waals surface area (Å²) in [4.78, 5) is 13.8. The van der Waals surface area contributed by atoms with E-state index >= 15 is 0 Å². The molecule has 0 saturated carbocycles. The Labute approximate surface area is 94.3 Å². The van der Waals surface area contributed by atoms with Gasteiger partial charge in [0.2, 0.25) is 0 Å². The van der Waals surface area contributed by atoms with Crippen LogP contribution in [0.5, 0.6) is 0 Å². The number of nitrogens with zero attached hydrogens (tertiary/aromatic N) is 1. The molecule has 1 heterocycles. The first-order valence-electron chi connectivity index (χ1n) is 2.53. The molecule has 3 nitrogen and oxygen atoms in total. The summed E-state index contributed by atoms with van der Waals surface area (Å²) in [5.41, 5.74) is -0.0671. The molecule has 0 aromatic carbocycles. The van der Waals surface area contributed by atoms with Crippen LogP contribution in [0.4, 0.5) is 0 Å². The van der Waals surface area contributed by atoms with Crippen molar-refractivity contribution < 1.29 is 39.5 Å². The van der Waals surface area contributed by atoms with E-state index in [9.17, 15) is 9.90 Å². The molecule has 0 saturated heterocycles. The molecule has 0 N–H and O–H groups in total. The van der Waals surface area contributed by atoms with Crippen LogP contribution in [-0.4, -0.2) is 11.0 Å². The monoisotopic (exact) mass is 223 g/mol. The summed E-state index contributed by atoms with van der Waals surface area (Å²) in [6, 6.07) is 3.23. The minimum absolute atomic E-state index is 0. The molecular weight excluding hydrogens is 221 g/mol. The Hall–Kier alpha value is 0.100. The molecule has 52 valence electrons. The predicted molar refractivity (Wildman–Crippen MR) is 36.3 cm³/mol. The number of carboxylic acid groups (broad SMARTS) is 1. The van der Waals surface area contributed by atoms with Gasteiger partial charge in [0.05, 0.1) is 11.7 Å². The number of hydrogen-bond donors (Lipinski definition) is 0. The maximum atomic E-state index is 10.2. The molecule has 0 unspecified atom stereocenters. The molecule has 0 bridgehead atoms. The van der Waals surface area contributed by atoms with Crippen molar-refractivity contribution in [2.45, 2.75) is 0 Å². The number of pyridine rings is 1. The molecular formula is C6H3BrNNaO2. The largest absolute Gasteiger partial charge is 1.00 e. The normalized spacial score (nSPS) is 8.45. The third kappa shape index (κ3) is 2.91. The molecule has 0 fully saturated rings. The minimum Gasteiger partial charge on any atom is -0.543 e. The zero-order chi connectivity index (χ0) is 7.56. The maximum absolute atomic E-state index is 10.2. The Morgan fingerprint density at radius 1 is 1.64 bits per heavy atom. The van der Waals surface area contributed by atoms with Gasteiger partial charge >= 0.3 is 29.6 Å². The van der Waals surface area contributed by atoms with Gasteiger partial charge in [0.1, 0.15) is 0 Å². The Balaban J connectivity index is 0.000001000. The fourth-order valence-corrected chi connectivity index (χ4v) is 0.953. The second-order valence-corrected chi connectivity index (χ2v) is 2.48. The third-order valence-corrected chi connectivity index (χ3v) is 1.59. The Morgan fingerprint density at radius 2 is 2.27 bits per heavy atom. The SMILES string of the molecule is O=C([O-])c1ncccc1Br.[Na+]. The molecule has 0 radical (unpaired) electrons. The average molecular weight is 224 g/mol. The van der Waals surface area contributed by atoms with Gasteiger partial charge in [-0.25, -0.2) is 0 Å². The van der Waals surface area contributed by atoms with Crippen molar-refractivity contribution in [3.8, 4) is 0 Å². The number of rotatable bonds is 1. The summed E-state index contributed by atoms with van der Waals surface area (Å²) in [5, 5.41) is 10.2.